The number of piperidine rings is 1. The van der Waals surface area contributed by atoms with E-state index in [0.29, 0.717) is 13.2 Å². The van der Waals surface area contributed by atoms with E-state index >= 15 is 0 Å². The molecule has 0 spiro atoms. The Morgan fingerprint density at radius 2 is 2.17 bits per heavy atom. The van der Waals surface area contributed by atoms with Gasteiger partial charge in [0.2, 0.25) is 0 Å². The van der Waals surface area contributed by atoms with Gasteiger partial charge in [0.15, 0.2) is 0 Å². The lowest BCUT2D eigenvalue weighted by molar-refractivity contribution is 0.0802. The number of benzene rings is 1. The highest BCUT2D eigenvalue weighted by atomic mass is 16.6. The first-order valence-corrected chi connectivity index (χ1v) is 6.31. The number of nitrogens with zero attached hydrogens (tertiary/aromatic N) is 1. The third-order valence-electron chi connectivity index (χ3n) is 3.28. The van der Waals surface area contributed by atoms with Crippen molar-refractivity contribution < 1.29 is 9.53 Å². The lowest BCUT2D eigenvalue weighted by Crippen LogP contribution is -2.43. The third-order valence-corrected chi connectivity index (χ3v) is 3.28. The van der Waals surface area contributed by atoms with Crippen molar-refractivity contribution >= 4 is 6.09 Å². The van der Waals surface area contributed by atoms with E-state index in [1.165, 1.54) is 0 Å². The van der Waals surface area contributed by atoms with Crippen molar-refractivity contribution in [2.45, 2.75) is 32.4 Å². The minimum Gasteiger partial charge on any atom is -0.445 e. The number of hydrogen-bond acceptors (Lipinski definition) is 2. The largest absolute Gasteiger partial charge is 0.445 e. The quantitative estimate of drug-likeness (QED) is 0.748. The lowest BCUT2D eigenvalue weighted by atomic mass is 10.0. The fourth-order valence-electron chi connectivity index (χ4n) is 2.09. The molecule has 1 heterocycles. The zero-order chi connectivity index (χ0) is 13.0. The number of rotatable bonds is 2. The van der Waals surface area contributed by atoms with Crippen LogP contribution in [0.25, 0.3) is 0 Å². The molecule has 1 aliphatic heterocycles. The van der Waals surface area contributed by atoms with Crippen LogP contribution in [0.5, 0.6) is 0 Å². The highest BCUT2D eigenvalue weighted by Gasteiger charge is 2.25. The van der Waals surface area contributed by atoms with Crippen LogP contribution in [0.1, 0.15) is 25.3 Å². The Hall–Kier alpha value is -1.77. The molecule has 1 fully saturated rings. The van der Waals surface area contributed by atoms with Gasteiger partial charge in [-0.1, -0.05) is 42.5 Å². The molecule has 96 valence electrons. The van der Waals surface area contributed by atoms with E-state index < -0.39 is 0 Å². The Morgan fingerprint density at radius 3 is 2.89 bits per heavy atom. The van der Waals surface area contributed by atoms with E-state index in [-0.39, 0.29) is 12.1 Å². The van der Waals surface area contributed by atoms with Crippen LogP contribution in [0.3, 0.4) is 0 Å². The van der Waals surface area contributed by atoms with E-state index in [2.05, 4.69) is 13.5 Å². The maximum absolute atomic E-state index is 12.0. The molecule has 0 aliphatic carbocycles. The van der Waals surface area contributed by atoms with E-state index in [1.54, 1.807) is 4.90 Å². The van der Waals surface area contributed by atoms with Crippen molar-refractivity contribution in [1.82, 2.24) is 4.90 Å². The molecule has 1 atom stereocenters. The average Bonchev–Trinajstić information content (AvgIpc) is 2.40. The Bertz CT molecular complexity index is 427. The molecule has 3 heteroatoms. The molecule has 1 aromatic carbocycles. The number of carbonyl (C=O) groups is 1. The molecule has 2 rings (SSSR count). The molecule has 18 heavy (non-hydrogen) atoms. The first-order valence-electron chi connectivity index (χ1n) is 6.31. The molecule has 1 unspecified atom stereocenters. The second kappa shape index (κ2) is 5.71. The first-order chi connectivity index (χ1) is 8.66. The fraction of sp³-hybridized carbons (Fsp3) is 0.400. The Balaban J connectivity index is 1.89. The predicted octanol–water partition coefficient (Wildman–Crippen LogP) is 3.36. The molecule has 0 radical (unpaired) electrons. The number of amides is 1. The van der Waals surface area contributed by atoms with E-state index in [1.807, 2.05) is 30.3 Å². The zero-order valence-electron chi connectivity index (χ0n) is 10.8. The average molecular weight is 245 g/mol. The SMILES string of the molecule is C=C1CCC(C)N(C(=O)OCc2ccccc2)C1. The van der Waals surface area contributed by atoms with Crippen LogP contribution >= 0.6 is 0 Å². The normalized spacial score (nSPS) is 19.7. The van der Waals surface area contributed by atoms with Crippen LogP contribution in [0.4, 0.5) is 4.79 Å². The summed E-state index contributed by atoms with van der Waals surface area (Å²) in [5.74, 6) is 0. The summed E-state index contributed by atoms with van der Waals surface area (Å²) in [5, 5.41) is 0. The molecule has 1 aliphatic rings. The van der Waals surface area contributed by atoms with Gasteiger partial charge >= 0.3 is 6.09 Å². The maximum Gasteiger partial charge on any atom is 0.410 e. The van der Waals surface area contributed by atoms with Crippen molar-refractivity contribution in [3.63, 3.8) is 0 Å². The van der Waals surface area contributed by atoms with Crippen LogP contribution in [0.2, 0.25) is 0 Å². The second-order valence-electron chi connectivity index (χ2n) is 4.81. The monoisotopic (exact) mass is 245 g/mol. The first kappa shape index (κ1) is 12.7. The minimum absolute atomic E-state index is 0.235. The predicted molar refractivity (Wildman–Crippen MR) is 71.2 cm³/mol. The third kappa shape index (κ3) is 3.13. The summed E-state index contributed by atoms with van der Waals surface area (Å²) in [6, 6.07) is 9.96. The zero-order valence-corrected chi connectivity index (χ0v) is 10.8. The highest BCUT2D eigenvalue weighted by Crippen LogP contribution is 2.20. The van der Waals surface area contributed by atoms with Crippen molar-refractivity contribution in [1.29, 1.82) is 0 Å². The summed E-state index contributed by atoms with van der Waals surface area (Å²) >= 11 is 0. The van der Waals surface area contributed by atoms with Crippen LogP contribution < -0.4 is 0 Å². The number of carbonyl (C=O) groups excluding carboxylic acids is 1. The van der Waals surface area contributed by atoms with Gasteiger partial charge in [0, 0.05) is 12.6 Å². The summed E-state index contributed by atoms with van der Waals surface area (Å²) < 4.78 is 5.33. The van der Waals surface area contributed by atoms with Gasteiger partial charge in [-0.2, -0.15) is 0 Å². The molecule has 0 aromatic heterocycles. The molecular formula is C15H19NO2. The maximum atomic E-state index is 12.0. The van der Waals surface area contributed by atoms with Gasteiger partial charge in [-0.05, 0) is 25.3 Å². The summed E-state index contributed by atoms with van der Waals surface area (Å²) in [5.41, 5.74) is 2.11. The van der Waals surface area contributed by atoms with Crippen LogP contribution in [-0.4, -0.2) is 23.6 Å². The molecule has 3 nitrogen and oxygen atoms in total. The summed E-state index contributed by atoms with van der Waals surface area (Å²) in [7, 11) is 0. The van der Waals surface area contributed by atoms with Crippen molar-refractivity contribution in [3.8, 4) is 0 Å². The summed E-state index contributed by atoms with van der Waals surface area (Å²) in [6.45, 7) is 6.95. The van der Waals surface area contributed by atoms with Gasteiger partial charge in [0.05, 0.1) is 0 Å². The molecule has 1 saturated heterocycles. The summed E-state index contributed by atoms with van der Waals surface area (Å²) in [6.07, 6.45) is 1.73. The van der Waals surface area contributed by atoms with Gasteiger partial charge in [-0.15, -0.1) is 0 Å². The second-order valence-corrected chi connectivity index (χ2v) is 4.81. The Labute approximate surface area is 108 Å². The van der Waals surface area contributed by atoms with Gasteiger partial charge < -0.3 is 9.64 Å². The fourth-order valence-corrected chi connectivity index (χ4v) is 2.09. The van der Waals surface area contributed by atoms with Crippen molar-refractivity contribution in [2.24, 2.45) is 0 Å². The van der Waals surface area contributed by atoms with Crippen molar-refractivity contribution in [2.75, 3.05) is 6.54 Å². The number of ether oxygens (including phenoxy) is 1. The highest BCUT2D eigenvalue weighted by molar-refractivity contribution is 5.68. The molecule has 1 aromatic rings. The van der Waals surface area contributed by atoms with E-state index in [4.69, 9.17) is 4.74 Å². The van der Waals surface area contributed by atoms with Crippen molar-refractivity contribution in [3.05, 3.63) is 48.0 Å². The minimum atomic E-state index is -0.243. The Kier molecular flexibility index (Phi) is 4.03. The van der Waals surface area contributed by atoms with Gasteiger partial charge in [0.25, 0.3) is 0 Å². The van der Waals surface area contributed by atoms with E-state index in [0.717, 1.165) is 24.0 Å². The number of hydrogen-bond donors (Lipinski definition) is 0. The van der Waals surface area contributed by atoms with Crippen LogP contribution in [0.15, 0.2) is 42.5 Å². The van der Waals surface area contributed by atoms with Gasteiger partial charge in [-0.3, -0.25) is 0 Å². The van der Waals surface area contributed by atoms with Gasteiger partial charge in [0.1, 0.15) is 6.61 Å². The molecule has 0 bridgehead atoms. The Morgan fingerprint density at radius 1 is 1.44 bits per heavy atom. The molecule has 0 N–H and O–H groups in total. The van der Waals surface area contributed by atoms with Gasteiger partial charge in [-0.25, -0.2) is 4.79 Å². The molecule has 0 saturated carbocycles. The topological polar surface area (TPSA) is 29.5 Å². The summed E-state index contributed by atoms with van der Waals surface area (Å²) in [4.78, 5) is 13.7. The lowest BCUT2D eigenvalue weighted by Gasteiger charge is -2.33. The molecular weight excluding hydrogens is 226 g/mol. The smallest absolute Gasteiger partial charge is 0.410 e. The molecule has 1 amide bonds. The standard InChI is InChI=1S/C15H19NO2/c1-12-8-9-13(2)16(10-12)15(17)18-11-14-6-4-3-5-7-14/h3-7,13H,1,8-11H2,2H3. The van der Waals surface area contributed by atoms with E-state index in [9.17, 15) is 4.79 Å². The van der Waals surface area contributed by atoms with Crippen LogP contribution in [0, 0.1) is 0 Å². The number of likely N-dealkylation sites (tertiary alicyclic amines) is 1. The van der Waals surface area contributed by atoms with Crippen LogP contribution in [-0.2, 0) is 11.3 Å².